The Morgan fingerprint density at radius 1 is 1.19 bits per heavy atom. The predicted molar refractivity (Wildman–Crippen MR) is 87.3 cm³/mol. The Balaban J connectivity index is 1.75. The first-order valence-electron chi connectivity index (χ1n) is 8.69. The third-order valence-electron chi connectivity index (χ3n) is 5.48. The van der Waals surface area contributed by atoms with Crippen LogP contribution in [0.5, 0.6) is 0 Å². The molecule has 0 aromatic heterocycles. The van der Waals surface area contributed by atoms with Crippen LogP contribution in [0, 0.1) is 5.92 Å². The SMILES string of the molecule is CC1CCCC(CNCC(=O)NC2CCCC2)(N(C)C)C1. The highest BCUT2D eigenvalue weighted by Crippen LogP contribution is 2.35. The lowest BCUT2D eigenvalue weighted by molar-refractivity contribution is -0.121. The maximum absolute atomic E-state index is 12.0. The van der Waals surface area contributed by atoms with Crippen molar-refractivity contribution in [3.05, 3.63) is 0 Å². The van der Waals surface area contributed by atoms with E-state index in [0.29, 0.717) is 12.6 Å². The Kier molecular flexibility index (Phi) is 6.06. The smallest absolute Gasteiger partial charge is 0.234 e. The highest BCUT2D eigenvalue weighted by atomic mass is 16.1. The molecule has 0 spiro atoms. The lowest BCUT2D eigenvalue weighted by Gasteiger charge is -2.45. The molecular weight excluding hydrogens is 262 g/mol. The van der Waals surface area contributed by atoms with E-state index in [9.17, 15) is 4.79 Å². The second-order valence-corrected chi connectivity index (χ2v) is 7.47. The molecule has 122 valence electrons. The highest BCUT2D eigenvalue weighted by molar-refractivity contribution is 5.78. The number of likely N-dealkylation sites (N-methyl/N-ethyl adjacent to an activating group) is 1. The van der Waals surface area contributed by atoms with E-state index in [1.165, 1.54) is 38.5 Å². The molecule has 4 heteroatoms. The van der Waals surface area contributed by atoms with E-state index in [1.54, 1.807) is 0 Å². The standard InChI is InChI=1S/C17H33N3O/c1-14-7-6-10-17(11-14,20(2)3)13-18-12-16(21)19-15-8-4-5-9-15/h14-15,18H,4-13H2,1-3H3,(H,19,21). The van der Waals surface area contributed by atoms with Crippen LogP contribution >= 0.6 is 0 Å². The summed E-state index contributed by atoms with van der Waals surface area (Å²) in [6.07, 6.45) is 9.96. The van der Waals surface area contributed by atoms with Gasteiger partial charge >= 0.3 is 0 Å². The Labute approximate surface area is 130 Å². The van der Waals surface area contributed by atoms with Gasteiger partial charge in [-0.25, -0.2) is 0 Å². The van der Waals surface area contributed by atoms with E-state index in [-0.39, 0.29) is 11.4 Å². The van der Waals surface area contributed by atoms with Crippen LogP contribution in [0.4, 0.5) is 0 Å². The van der Waals surface area contributed by atoms with Crippen molar-refractivity contribution in [2.24, 2.45) is 5.92 Å². The summed E-state index contributed by atoms with van der Waals surface area (Å²) in [6, 6.07) is 0.428. The largest absolute Gasteiger partial charge is 0.352 e. The lowest BCUT2D eigenvalue weighted by Crippen LogP contribution is -2.55. The Morgan fingerprint density at radius 2 is 1.90 bits per heavy atom. The van der Waals surface area contributed by atoms with Crippen molar-refractivity contribution in [2.75, 3.05) is 27.2 Å². The van der Waals surface area contributed by atoms with Gasteiger partial charge in [0.05, 0.1) is 6.54 Å². The molecular formula is C17H33N3O. The summed E-state index contributed by atoms with van der Waals surface area (Å²) >= 11 is 0. The van der Waals surface area contributed by atoms with Gasteiger partial charge in [-0.05, 0) is 45.7 Å². The van der Waals surface area contributed by atoms with Crippen molar-refractivity contribution in [3.8, 4) is 0 Å². The van der Waals surface area contributed by atoms with Crippen LogP contribution in [0.3, 0.4) is 0 Å². The van der Waals surface area contributed by atoms with Gasteiger partial charge in [-0.15, -0.1) is 0 Å². The molecule has 0 bridgehead atoms. The summed E-state index contributed by atoms with van der Waals surface area (Å²) in [5.74, 6) is 0.954. The Morgan fingerprint density at radius 3 is 2.52 bits per heavy atom. The van der Waals surface area contributed by atoms with Gasteiger partial charge in [0, 0.05) is 18.1 Å². The fraction of sp³-hybridized carbons (Fsp3) is 0.941. The zero-order chi connectivity index (χ0) is 15.3. The molecule has 0 radical (unpaired) electrons. The van der Waals surface area contributed by atoms with E-state index in [4.69, 9.17) is 0 Å². The van der Waals surface area contributed by atoms with Crippen LogP contribution in [0.1, 0.15) is 58.3 Å². The number of hydrogen-bond donors (Lipinski definition) is 2. The van der Waals surface area contributed by atoms with Crippen molar-refractivity contribution in [1.29, 1.82) is 0 Å². The predicted octanol–water partition coefficient (Wildman–Crippen LogP) is 2.15. The van der Waals surface area contributed by atoms with Crippen molar-refractivity contribution in [3.63, 3.8) is 0 Å². The number of amides is 1. The third kappa shape index (κ3) is 4.68. The van der Waals surface area contributed by atoms with Crippen LogP contribution in [0.15, 0.2) is 0 Å². The highest BCUT2D eigenvalue weighted by Gasteiger charge is 2.36. The fourth-order valence-corrected chi connectivity index (χ4v) is 4.11. The normalized spacial score (nSPS) is 30.8. The van der Waals surface area contributed by atoms with E-state index in [0.717, 1.165) is 25.3 Å². The van der Waals surface area contributed by atoms with Gasteiger partial charge in [-0.2, -0.15) is 0 Å². The topological polar surface area (TPSA) is 44.4 Å². The molecule has 0 aromatic rings. The summed E-state index contributed by atoms with van der Waals surface area (Å²) < 4.78 is 0. The number of carbonyl (C=O) groups excluding carboxylic acids is 1. The molecule has 2 saturated carbocycles. The quantitative estimate of drug-likeness (QED) is 0.789. The minimum Gasteiger partial charge on any atom is -0.352 e. The van der Waals surface area contributed by atoms with Crippen molar-refractivity contribution >= 4 is 5.91 Å². The maximum Gasteiger partial charge on any atom is 0.234 e. The first-order valence-corrected chi connectivity index (χ1v) is 8.69. The second kappa shape index (κ2) is 7.59. The molecule has 21 heavy (non-hydrogen) atoms. The van der Waals surface area contributed by atoms with Gasteiger partial charge in [0.1, 0.15) is 0 Å². The summed E-state index contributed by atoms with van der Waals surface area (Å²) in [4.78, 5) is 14.4. The zero-order valence-electron chi connectivity index (χ0n) is 14.1. The number of hydrogen-bond acceptors (Lipinski definition) is 3. The van der Waals surface area contributed by atoms with Crippen LogP contribution in [-0.4, -0.2) is 49.6 Å². The number of nitrogens with zero attached hydrogens (tertiary/aromatic N) is 1. The fourth-order valence-electron chi connectivity index (χ4n) is 4.11. The Hall–Kier alpha value is -0.610. The second-order valence-electron chi connectivity index (χ2n) is 7.47. The van der Waals surface area contributed by atoms with Gasteiger partial charge in [0.2, 0.25) is 5.91 Å². The van der Waals surface area contributed by atoms with E-state index in [2.05, 4.69) is 36.6 Å². The maximum atomic E-state index is 12.0. The van der Waals surface area contributed by atoms with Gasteiger partial charge < -0.3 is 15.5 Å². The monoisotopic (exact) mass is 295 g/mol. The first-order chi connectivity index (χ1) is 10.0. The molecule has 0 heterocycles. The van der Waals surface area contributed by atoms with Crippen molar-refractivity contribution in [2.45, 2.75) is 69.9 Å². The van der Waals surface area contributed by atoms with E-state index < -0.39 is 0 Å². The van der Waals surface area contributed by atoms with Crippen molar-refractivity contribution < 1.29 is 4.79 Å². The molecule has 4 nitrogen and oxygen atoms in total. The zero-order valence-corrected chi connectivity index (χ0v) is 14.1. The molecule has 0 aromatic carbocycles. The third-order valence-corrected chi connectivity index (χ3v) is 5.48. The summed E-state index contributed by atoms with van der Waals surface area (Å²) in [6.45, 7) is 3.73. The van der Waals surface area contributed by atoms with Crippen molar-refractivity contribution in [1.82, 2.24) is 15.5 Å². The van der Waals surface area contributed by atoms with Crippen LogP contribution < -0.4 is 10.6 Å². The van der Waals surface area contributed by atoms with E-state index in [1.807, 2.05) is 0 Å². The lowest BCUT2D eigenvalue weighted by atomic mass is 9.75. The molecule has 1 amide bonds. The molecule has 2 atom stereocenters. The Bertz CT molecular complexity index is 339. The molecule has 2 aliphatic rings. The summed E-state index contributed by atoms with van der Waals surface area (Å²) in [5.41, 5.74) is 0.227. The minimum absolute atomic E-state index is 0.166. The molecule has 2 rings (SSSR count). The molecule has 2 N–H and O–H groups in total. The molecule has 2 aliphatic carbocycles. The van der Waals surface area contributed by atoms with Gasteiger partial charge in [-0.1, -0.05) is 32.6 Å². The molecule has 0 aliphatic heterocycles. The number of carbonyl (C=O) groups is 1. The van der Waals surface area contributed by atoms with Gasteiger partial charge in [0.15, 0.2) is 0 Å². The summed E-state index contributed by atoms with van der Waals surface area (Å²) in [7, 11) is 4.36. The molecule has 2 fully saturated rings. The van der Waals surface area contributed by atoms with Gasteiger partial charge in [0.25, 0.3) is 0 Å². The van der Waals surface area contributed by atoms with Crippen LogP contribution in [0.25, 0.3) is 0 Å². The van der Waals surface area contributed by atoms with E-state index >= 15 is 0 Å². The molecule has 2 unspecified atom stereocenters. The number of rotatable bonds is 6. The average Bonchev–Trinajstić information content (AvgIpc) is 2.91. The van der Waals surface area contributed by atoms with Crippen LogP contribution in [0.2, 0.25) is 0 Å². The summed E-state index contributed by atoms with van der Waals surface area (Å²) in [5, 5.41) is 6.57. The first kappa shape index (κ1) is 16.8. The van der Waals surface area contributed by atoms with Gasteiger partial charge in [-0.3, -0.25) is 4.79 Å². The molecule has 0 saturated heterocycles. The average molecular weight is 295 g/mol. The van der Waals surface area contributed by atoms with Crippen LogP contribution in [-0.2, 0) is 4.79 Å². The number of nitrogens with one attached hydrogen (secondary N) is 2. The minimum atomic E-state index is 0.166.